The molecule has 2 aromatic carbocycles. The number of amides is 1. The van der Waals surface area contributed by atoms with E-state index >= 15 is 0 Å². The zero-order valence-electron chi connectivity index (χ0n) is 15.4. The fourth-order valence-corrected chi connectivity index (χ4v) is 3.90. The van der Waals surface area contributed by atoms with Crippen LogP contribution >= 0.6 is 12.6 Å². The molecule has 1 aliphatic rings. The van der Waals surface area contributed by atoms with E-state index in [0.29, 0.717) is 6.04 Å². The molecule has 4 nitrogen and oxygen atoms in total. The van der Waals surface area contributed by atoms with Crippen molar-refractivity contribution in [2.24, 2.45) is 0 Å². The van der Waals surface area contributed by atoms with Crippen LogP contribution in [0.3, 0.4) is 0 Å². The van der Waals surface area contributed by atoms with Gasteiger partial charge in [-0.1, -0.05) is 36.4 Å². The summed E-state index contributed by atoms with van der Waals surface area (Å²) in [7, 11) is 1.74. The van der Waals surface area contributed by atoms with Gasteiger partial charge in [-0.3, -0.25) is 9.69 Å². The highest BCUT2D eigenvalue weighted by Gasteiger charge is 2.29. The molecule has 0 spiro atoms. The Hall–Kier alpha value is -1.56. The molecule has 1 atom stereocenters. The van der Waals surface area contributed by atoms with E-state index in [9.17, 15) is 4.79 Å². The number of methoxy groups -OCH3 is 1. The first kappa shape index (κ1) is 19.2. The van der Waals surface area contributed by atoms with Gasteiger partial charge >= 0.3 is 0 Å². The Morgan fingerprint density at radius 2 is 2.00 bits per heavy atom. The van der Waals surface area contributed by atoms with Gasteiger partial charge in [0, 0.05) is 45.0 Å². The van der Waals surface area contributed by atoms with Gasteiger partial charge in [0.1, 0.15) is 0 Å². The third kappa shape index (κ3) is 4.40. The smallest absolute Gasteiger partial charge is 0.254 e. The second kappa shape index (κ2) is 9.40. The maximum absolute atomic E-state index is 13.2. The van der Waals surface area contributed by atoms with Crippen LogP contribution in [-0.4, -0.2) is 67.4 Å². The van der Waals surface area contributed by atoms with Gasteiger partial charge in [-0.25, -0.2) is 0 Å². The van der Waals surface area contributed by atoms with Crippen LogP contribution in [0.4, 0.5) is 0 Å². The third-order valence-corrected chi connectivity index (χ3v) is 5.49. The van der Waals surface area contributed by atoms with Crippen LogP contribution in [0.1, 0.15) is 23.2 Å². The lowest BCUT2D eigenvalue weighted by Crippen LogP contribution is -2.55. The lowest BCUT2D eigenvalue weighted by Gasteiger charge is -2.41. The normalized spacial score (nSPS) is 18.4. The number of benzene rings is 2. The number of carbonyl (C=O) groups is 1. The lowest BCUT2D eigenvalue weighted by molar-refractivity contribution is 0.0398. The van der Waals surface area contributed by atoms with Crippen molar-refractivity contribution >= 4 is 29.3 Å². The van der Waals surface area contributed by atoms with Gasteiger partial charge in [0.05, 0.1) is 0 Å². The number of ether oxygens (including phenoxy) is 1. The van der Waals surface area contributed by atoms with Crippen molar-refractivity contribution in [2.75, 3.05) is 45.6 Å². The highest BCUT2D eigenvalue weighted by atomic mass is 32.1. The van der Waals surface area contributed by atoms with Crippen molar-refractivity contribution in [3.05, 3.63) is 48.0 Å². The quantitative estimate of drug-likeness (QED) is 0.757. The van der Waals surface area contributed by atoms with E-state index in [2.05, 4.69) is 29.7 Å². The number of nitrogens with zero attached hydrogens (tertiary/aromatic N) is 2. The summed E-state index contributed by atoms with van der Waals surface area (Å²) in [4.78, 5) is 17.7. The molecule has 140 valence electrons. The van der Waals surface area contributed by atoms with Crippen LogP contribution in [0.15, 0.2) is 42.5 Å². The molecule has 1 fully saturated rings. The second-order valence-corrected chi connectivity index (χ2v) is 7.27. The van der Waals surface area contributed by atoms with Crippen molar-refractivity contribution in [1.82, 2.24) is 9.80 Å². The molecule has 0 aromatic heterocycles. The highest BCUT2D eigenvalue weighted by molar-refractivity contribution is 7.80. The zero-order chi connectivity index (χ0) is 18.4. The summed E-state index contributed by atoms with van der Waals surface area (Å²) < 4.78 is 5.29. The van der Waals surface area contributed by atoms with Gasteiger partial charge in [0.25, 0.3) is 5.91 Å². The van der Waals surface area contributed by atoms with E-state index in [4.69, 9.17) is 4.74 Å². The summed E-state index contributed by atoms with van der Waals surface area (Å²) >= 11 is 4.34. The summed E-state index contributed by atoms with van der Waals surface area (Å²) in [5.41, 5.74) is 0.803. The van der Waals surface area contributed by atoms with E-state index < -0.39 is 0 Å². The van der Waals surface area contributed by atoms with E-state index in [1.165, 1.54) is 0 Å². The zero-order valence-corrected chi connectivity index (χ0v) is 16.3. The maximum Gasteiger partial charge on any atom is 0.254 e. The molecule has 1 amide bonds. The molecule has 3 rings (SSSR count). The predicted molar refractivity (Wildman–Crippen MR) is 110 cm³/mol. The Morgan fingerprint density at radius 1 is 1.19 bits per heavy atom. The van der Waals surface area contributed by atoms with Crippen molar-refractivity contribution < 1.29 is 9.53 Å². The molecule has 0 N–H and O–H groups in total. The Kier molecular flexibility index (Phi) is 6.94. The fourth-order valence-electron chi connectivity index (χ4n) is 3.76. The number of rotatable bonds is 7. The van der Waals surface area contributed by atoms with Gasteiger partial charge < -0.3 is 9.64 Å². The molecule has 1 saturated heterocycles. The molecule has 1 unspecified atom stereocenters. The van der Waals surface area contributed by atoms with Crippen molar-refractivity contribution in [3.8, 4) is 0 Å². The van der Waals surface area contributed by atoms with Gasteiger partial charge in [0.15, 0.2) is 0 Å². The number of fused-ring (bicyclic) bond motifs is 1. The topological polar surface area (TPSA) is 32.8 Å². The number of hydrogen-bond acceptors (Lipinski definition) is 4. The molecule has 0 radical (unpaired) electrons. The van der Waals surface area contributed by atoms with Crippen LogP contribution < -0.4 is 0 Å². The number of hydrogen-bond donors (Lipinski definition) is 1. The number of thiol groups is 1. The van der Waals surface area contributed by atoms with E-state index in [0.717, 1.165) is 67.7 Å². The minimum Gasteiger partial charge on any atom is -0.385 e. The summed E-state index contributed by atoms with van der Waals surface area (Å²) in [5.74, 6) is 1.03. The molecule has 5 heteroatoms. The summed E-state index contributed by atoms with van der Waals surface area (Å²) in [6.45, 7) is 4.21. The molecular weight excluding hydrogens is 344 g/mol. The summed E-state index contributed by atoms with van der Waals surface area (Å²) in [6.07, 6.45) is 2.02. The third-order valence-electron chi connectivity index (χ3n) is 5.17. The van der Waals surface area contributed by atoms with E-state index in [-0.39, 0.29) is 5.91 Å². The molecule has 1 heterocycles. The SMILES string of the molecule is COCCC1CN(C(=O)c2cccc3ccccc23)CCN1CCCS. The summed E-state index contributed by atoms with van der Waals surface area (Å²) in [6, 6.07) is 14.4. The monoisotopic (exact) mass is 372 g/mol. The number of piperazine rings is 1. The van der Waals surface area contributed by atoms with Crippen molar-refractivity contribution in [2.45, 2.75) is 18.9 Å². The standard InChI is InChI=1S/C21H28N2O2S/c1-25-14-10-18-16-23(13-12-22(18)11-5-15-26)21(24)20-9-4-7-17-6-2-3-8-19(17)20/h2-4,6-9,18,26H,5,10-16H2,1H3. The van der Waals surface area contributed by atoms with Crippen LogP contribution in [0.25, 0.3) is 10.8 Å². The first-order valence-corrected chi connectivity index (χ1v) is 9.98. The first-order chi connectivity index (χ1) is 12.7. The summed E-state index contributed by atoms with van der Waals surface area (Å²) in [5, 5.41) is 2.15. The van der Waals surface area contributed by atoms with Crippen LogP contribution in [0.5, 0.6) is 0 Å². The minimum absolute atomic E-state index is 0.137. The maximum atomic E-state index is 13.2. The minimum atomic E-state index is 0.137. The predicted octanol–water partition coefficient (Wildman–Crippen LogP) is 3.32. The molecule has 0 saturated carbocycles. The molecule has 0 bridgehead atoms. The van der Waals surface area contributed by atoms with Gasteiger partial charge in [-0.15, -0.1) is 0 Å². The lowest BCUT2D eigenvalue weighted by atomic mass is 10.0. The molecule has 2 aromatic rings. The Bertz CT molecular complexity index is 732. The second-order valence-electron chi connectivity index (χ2n) is 6.83. The van der Waals surface area contributed by atoms with E-state index in [1.54, 1.807) is 7.11 Å². The molecule has 0 aliphatic carbocycles. The molecule has 26 heavy (non-hydrogen) atoms. The Labute approximate surface area is 161 Å². The largest absolute Gasteiger partial charge is 0.385 e. The molecule has 1 aliphatic heterocycles. The average molecular weight is 373 g/mol. The van der Waals surface area contributed by atoms with Gasteiger partial charge in [0.2, 0.25) is 0 Å². The van der Waals surface area contributed by atoms with E-state index in [1.807, 2.05) is 35.2 Å². The van der Waals surface area contributed by atoms with Gasteiger partial charge in [-0.05, 0) is 42.0 Å². The fraction of sp³-hybridized carbons (Fsp3) is 0.476. The van der Waals surface area contributed by atoms with Crippen LogP contribution in [0, 0.1) is 0 Å². The highest BCUT2D eigenvalue weighted by Crippen LogP contribution is 2.22. The van der Waals surface area contributed by atoms with Crippen molar-refractivity contribution in [1.29, 1.82) is 0 Å². The Morgan fingerprint density at radius 3 is 2.81 bits per heavy atom. The van der Waals surface area contributed by atoms with Gasteiger partial charge in [-0.2, -0.15) is 12.6 Å². The van der Waals surface area contributed by atoms with Crippen LogP contribution in [0.2, 0.25) is 0 Å². The van der Waals surface area contributed by atoms with Crippen molar-refractivity contribution in [3.63, 3.8) is 0 Å². The average Bonchev–Trinajstić information content (AvgIpc) is 2.70. The first-order valence-electron chi connectivity index (χ1n) is 9.35. The molecular formula is C21H28N2O2S. The van der Waals surface area contributed by atoms with Crippen LogP contribution in [-0.2, 0) is 4.74 Å². The Balaban J connectivity index is 1.77. The number of carbonyl (C=O) groups excluding carboxylic acids is 1.